The number of carbonyl (C=O) groups is 1. The number of aliphatic carboxylic acids is 1. The van der Waals surface area contributed by atoms with Crippen molar-refractivity contribution in [3.8, 4) is 17.3 Å². The van der Waals surface area contributed by atoms with Crippen LogP contribution in [0.3, 0.4) is 0 Å². The standard InChI is InChI=1S/C25H14BrCl2N3O5/c26-15-5-6-20-14(9-15)10-21(36-20)24-30-19-4-2-1-3-16(19)25(34)31(24)29-11-13-7-17(27)23(18(28)8-13)35-12-22(32)33/h1-11H,12H2,(H,32,33). The van der Waals surface area contributed by atoms with Crippen molar-refractivity contribution in [1.82, 2.24) is 9.66 Å². The number of aromatic nitrogens is 2. The minimum atomic E-state index is -1.17. The summed E-state index contributed by atoms with van der Waals surface area (Å²) < 4.78 is 13.1. The van der Waals surface area contributed by atoms with Gasteiger partial charge < -0.3 is 14.3 Å². The molecule has 0 aliphatic carbocycles. The third-order valence-electron chi connectivity index (χ3n) is 5.14. The number of nitrogens with zero attached hydrogens (tertiary/aromatic N) is 3. The van der Waals surface area contributed by atoms with Gasteiger partial charge in [0.2, 0.25) is 5.82 Å². The van der Waals surface area contributed by atoms with Gasteiger partial charge in [-0.15, -0.1) is 0 Å². The van der Waals surface area contributed by atoms with Crippen LogP contribution >= 0.6 is 39.1 Å². The molecule has 0 fully saturated rings. The third-order valence-corrected chi connectivity index (χ3v) is 6.19. The molecule has 0 aliphatic rings. The van der Waals surface area contributed by atoms with E-state index >= 15 is 0 Å². The second-order valence-electron chi connectivity index (χ2n) is 7.60. The molecule has 0 saturated heterocycles. The topological polar surface area (TPSA) is 107 Å². The van der Waals surface area contributed by atoms with Crippen molar-refractivity contribution in [3.05, 3.63) is 91.1 Å². The highest BCUT2D eigenvalue weighted by atomic mass is 79.9. The Kier molecular flexibility index (Phi) is 6.53. The van der Waals surface area contributed by atoms with Crippen LogP contribution in [-0.2, 0) is 4.79 Å². The first kappa shape index (κ1) is 24.1. The minimum absolute atomic E-state index is 0.0385. The zero-order valence-electron chi connectivity index (χ0n) is 18.1. The van der Waals surface area contributed by atoms with Gasteiger partial charge in [-0.1, -0.05) is 51.3 Å². The number of benzene rings is 3. The van der Waals surface area contributed by atoms with Gasteiger partial charge in [0.15, 0.2) is 18.1 Å². The number of halogens is 3. The van der Waals surface area contributed by atoms with E-state index in [1.54, 1.807) is 30.3 Å². The highest BCUT2D eigenvalue weighted by Crippen LogP contribution is 2.34. The lowest BCUT2D eigenvalue weighted by atomic mass is 10.2. The molecule has 3 aromatic carbocycles. The van der Waals surface area contributed by atoms with Gasteiger partial charge in [0.25, 0.3) is 5.56 Å². The predicted molar refractivity (Wildman–Crippen MR) is 141 cm³/mol. The van der Waals surface area contributed by atoms with Crippen LogP contribution in [0.4, 0.5) is 0 Å². The van der Waals surface area contributed by atoms with Crippen molar-refractivity contribution < 1.29 is 19.1 Å². The van der Waals surface area contributed by atoms with Crippen LogP contribution in [0, 0.1) is 0 Å². The molecule has 1 N–H and O–H groups in total. The quantitative estimate of drug-likeness (QED) is 0.237. The Morgan fingerprint density at radius 2 is 1.89 bits per heavy atom. The van der Waals surface area contributed by atoms with E-state index in [2.05, 4.69) is 26.0 Å². The molecule has 0 amide bonds. The Labute approximate surface area is 221 Å². The Morgan fingerprint density at radius 1 is 1.14 bits per heavy atom. The molecule has 0 unspecified atom stereocenters. The normalized spacial score (nSPS) is 11.5. The summed E-state index contributed by atoms with van der Waals surface area (Å²) in [5, 5.41) is 14.6. The summed E-state index contributed by atoms with van der Waals surface area (Å²) in [4.78, 5) is 28.8. The fourth-order valence-corrected chi connectivity index (χ4v) is 4.56. The lowest BCUT2D eigenvalue weighted by Crippen LogP contribution is -2.20. The molecular weight excluding hydrogens is 573 g/mol. The second-order valence-corrected chi connectivity index (χ2v) is 9.33. The average molecular weight is 587 g/mol. The van der Waals surface area contributed by atoms with Crippen molar-refractivity contribution in [2.75, 3.05) is 6.61 Å². The fraction of sp³-hybridized carbons (Fsp3) is 0.0400. The molecule has 0 saturated carbocycles. The van der Waals surface area contributed by atoms with E-state index in [0.29, 0.717) is 27.8 Å². The molecule has 5 aromatic rings. The Hall–Kier alpha value is -3.66. The molecule has 11 heteroatoms. The van der Waals surface area contributed by atoms with Crippen LogP contribution in [0.5, 0.6) is 5.75 Å². The van der Waals surface area contributed by atoms with Crippen molar-refractivity contribution in [2.24, 2.45) is 5.10 Å². The SMILES string of the molecule is O=C(O)COc1c(Cl)cc(C=Nn2c(-c3cc4cc(Br)ccc4o3)nc3ccccc3c2=O)cc1Cl. The Bertz CT molecular complexity index is 1720. The van der Waals surface area contributed by atoms with Crippen LogP contribution in [0.1, 0.15) is 5.56 Å². The Balaban J connectivity index is 1.62. The van der Waals surface area contributed by atoms with Crippen LogP contribution < -0.4 is 10.3 Å². The summed E-state index contributed by atoms with van der Waals surface area (Å²) in [5.74, 6) is -0.560. The number of para-hydroxylation sites is 1. The highest BCUT2D eigenvalue weighted by Gasteiger charge is 2.17. The van der Waals surface area contributed by atoms with Gasteiger partial charge in [-0.3, -0.25) is 4.79 Å². The van der Waals surface area contributed by atoms with Crippen LogP contribution in [0.25, 0.3) is 33.5 Å². The van der Waals surface area contributed by atoms with Crippen LogP contribution in [-0.4, -0.2) is 33.6 Å². The predicted octanol–water partition coefficient (Wildman–Crippen LogP) is 6.22. The highest BCUT2D eigenvalue weighted by molar-refractivity contribution is 9.10. The number of furan rings is 1. The molecule has 0 bridgehead atoms. The van der Waals surface area contributed by atoms with E-state index in [1.807, 2.05) is 18.2 Å². The molecule has 180 valence electrons. The van der Waals surface area contributed by atoms with Gasteiger partial charge >= 0.3 is 5.97 Å². The summed E-state index contributed by atoms with van der Waals surface area (Å²) in [6.07, 6.45) is 1.39. The van der Waals surface area contributed by atoms with Crippen LogP contribution in [0.2, 0.25) is 10.0 Å². The summed E-state index contributed by atoms with van der Waals surface area (Å²) >= 11 is 15.9. The summed E-state index contributed by atoms with van der Waals surface area (Å²) in [6, 6.07) is 17.3. The van der Waals surface area contributed by atoms with Crippen molar-refractivity contribution in [3.63, 3.8) is 0 Å². The van der Waals surface area contributed by atoms with Gasteiger partial charge in [-0.25, -0.2) is 9.78 Å². The number of ether oxygens (including phenoxy) is 1. The summed E-state index contributed by atoms with van der Waals surface area (Å²) in [6.45, 7) is -0.595. The largest absolute Gasteiger partial charge is 0.479 e. The molecule has 2 heterocycles. The number of carboxylic acids is 1. The lowest BCUT2D eigenvalue weighted by Gasteiger charge is -2.09. The maximum Gasteiger partial charge on any atom is 0.341 e. The van der Waals surface area contributed by atoms with Gasteiger partial charge in [0, 0.05) is 9.86 Å². The van der Waals surface area contributed by atoms with E-state index in [9.17, 15) is 9.59 Å². The number of carboxylic acid groups (broad SMARTS) is 1. The molecule has 2 aromatic heterocycles. The first-order valence-electron chi connectivity index (χ1n) is 10.4. The van der Waals surface area contributed by atoms with E-state index in [4.69, 9.17) is 37.5 Å². The number of hydrogen-bond acceptors (Lipinski definition) is 6. The molecule has 5 rings (SSSR count). The van der Waals surface area contributed by atoms with Crippen molar-refractivity contribution in [2.45, 2.75) is 0 Å². The van der Waals surface area contributed by atoms with Gasteiger partial charge in [0.1, 0.15) is 5.58 Å². The van der Waals surface area contributed by atoms with Gasteiger partial charge in [0.05, 0.1) is 27.2 Å². The minimum Gasteiger partial charge on any atom is -0.479 e. The molecule has 8 nitrogen and oxygen atoms in total. The first-order valence-corrected chi connectivity index (χ1v) is 11.9. The van der Waals surface area contributed by atoms with E-state index < -0.39 is 18.1 Å². The van der Waals surface area contributed by atoms with Crippen molar-refractivity contribution in [1.29, 1.82) is 0 Å². The average Bonchev–Trinajstić information content (AvgIpc) is 3.25. The molecule has 0 spiro atoms. The second kappa shape index (κ2) is 9.77. The molecule has 0 aliphatic heterocycles. The summed E-state index contributed by atoms with van der Waals surface area (Å²) in [5.41, 5.74) is 1.18. The summed E-state index contributed by atoms with van der Waals surface area (Å²) in [7, 11) is 0. The molecular formula is C25H14BrCl2N3O5. The zero-order valence-corrected chi connectivity index (χ0v) is 21.2. The molecule has 36 heavy (non-hydrogen) atoms. The fourth-order valence-electron chi connectivity index (χ4n) is 3.56. The van der Waals surface area contributed by atoms with E-state index in [-0.39, 0.29) is 21.6 Å². The maximum atomic E-state index is 13.4. The first-order chi connectivity index (χ1) is 17.3. The zero-order chi connectivity index (χ0) is 25.4. The van der Waals surface area contributed by atoms with Gasteiger partial charge in [-0.05, 0) is 54.1 Å². The smallest absolute Gasteiger partial charge is 0.341 e. The van der Waals surface area contributed by atoms with Crippen LogP contribution in [0.15, 0.2) is 79.4 Å². The number of fused-ring (bicyclic) bond motifs is 2. The number of rotatable bonds is 6. The molecule has 0 radical (unpaired) electrons. The lowest BCUT2D eigenvalue weighted by molar-refractivity contribution is -0.139. The third kappa shape index (κ3) is 4.73. The number of hydrogen-bond donors (Lipinski definition) is 1. The van der Waals surface area contributed by atoms with Gasteiger partial charge in [-0.2, -0.15) is 9.78 Å². The Morgan fingerprint density at radius 3 is 2.64 bits per heavy atom. The van der Waals surface area contributed by atoms with E-state index in [1.165, 1.54) is 18.3 Å². The maximum absolute atomic E-state index is 13.4. The van der Waals surface area contributed by atoms with Crippen molar-refractivity contribution >= 4 is 73.2 Å². The monoisotopic (exact) mass is 585 g/mol. The van der Waals surface area contributed by atoms with E-state index in [0.717, 1.165) is 14.5 Å². The molecule has 0 atom stereocenters.